The molecule has 8 heteroatoms. The molecule has 2 rings (SSSR count). The molecule has 0 spiro atoms. The molecular formula is C20H25IN4O3. The second-order valence-electron chi connectivity index (χ2n) is 7.57. The van der Waals surface area contributed by atoms with E-state index in [0.29, 0.717) is 31.9 Å². The molecule has 0 bridgehead atoms. The number of halogens is 1. The zero-order valence-electron chi connectivity index (χ0n) is 16.6. The van der Waals surface area contributed by atoms with E-state index in [2.05, 4.69) is 27.9 Å². The second-order valence-corrected chi connectivity index (χ2v) is 8.82. The smallest absolute Gasteiger partial charge is 0.410 e. The standard InChI is InChI=1S/C20H25IN4O3/c1-14-11-16(21)5-6-17(14)23-18(26)15(12-22)13-24-7-9-25(10-8-24)19(27)28-20(2,3)4/h5-6,11,13H,7-10H2,1-4H3,(H,23,26)/b15-13-. The molecule has 1 aliphatic heterocycles. The molecule has 1 aliphatic rings. The molecular weight excluding hydrogens is 471 g/mol. The van der Waals surface area contributed by atoms with E-state index in [-0.39, 0.29) is 11.7 Å². The first-order valence-electron chi connectivity index (χ1n) is 9.00. The van der Waals surface area contributed by atoms with Gasteiger partial charge < -0.3 is 19.9 Å². The van der Waals surface area contributed by atoms with E-state index in [1.165, 1.54) is 0 Å². The topological polar surface area (TPSA) is 85.7 Å². The Morgan fingerprint density at radius 3 is 2.43 bits per heavy atom. The Morgan fingerprint density at radius 2 is 1.89 bits per heavy atom. The van der Waals surface area contributed by atoms with Gasteiger partial charge in [0.25, 0.3) is 5.91 Å². The van der Waals surface area contributed by atoms with Crippen molar-refractivity contribution in [1.29, 1.82) is 5.26 Å². The summed E-state index contributed by atoms with van der Waals surface area (Å²) in [6.07, 6.45) is 1.22. The van der Waals surface area contributed by atoms with Gasteiger partial charge >= 0.3 is 6.09 Å². The van der Waals surface area contributed by atoms with Crippen molar-refractivity contribution in [3.63, 3.8) is 0 Å². The van der Waals surface area contributed by atoms with Crippen molar-refractivity contribution < 1.29 is 14.3 Å². The molecule has 150 valence electrons. The summed E-state index contributed by atoms with van der Waals surface area (Å²) < 4.78 is 6.45. The minimum atomic E-state index is -0.534. The van der Waals surface area contributed by atoms with Crippen LogP contribution in [0.15, 0.2) is 30.0 Å². The Labute approximate surface area is 179 Å². The van der Waals surface area contributed by atoms with Crippen LogP contribution in [-0.2, 0) is 9.53 Å². The highest BCUT2D eigenvalue weighted by Crippen LogP contribution is 2.19. The highest BCUT2D eigenvalue weighted by Gasteiger charge is 2.25. The highest BCUT2D eigenvalue weighted by atomic mass is 127. The maximum atomic E-state index is 12.5. The molecule has 1 heterocycles. The monoisotopic (exact) mass is 496 g/mol. The summed E-state index contributed by atoms with van der Waals surface area (Å²) in [5, 5.41) is 12.2. The molecule has 1 aromatic carbocycles. The highest BCUT2D eigenvalue weighted by molar-refractivity contribution is 14.1. The van der Waals surface area contributed by atoms with E-state index in [1.807, 2.05) is 56.9 Å². The minimum Gasteiger partial charge on any atom is -0.444 e. The number of nitrogens with zero attached hydrogens (tertiary/aromatic N) is 3. The maximum Gasteiger partial charge on any atom is 0.410 e. The number of carbonyl (C=O) groups excluding carboxylic acids is 2. The first-order valence-corrected chi connectivity index (χ1v) is 10.1. The quantitative estimate of drug-likeness (QED) is 0.394. The van der Waals surface area contributed by atoms with Crippen LogP contribution in [0.4, 0.5) is 10.5 Å². The van der Waals surface area contributed by atoms with Crippen molar-refractivity contribution in [2.24, 2.45) is 0 Å². The molecule has 1 aromatic rings. The van der Waals surface area contributed by atoms with Crippen molar-refractivity contribution in [2.75, 3.05) is 31.5 Å². The number of anilines is 1. The SMILES string of the molecule is Cc1cc(I)ccc1NC(=O)/C(C#N)=C\N1CCN(C(=O)OC(C)(C)C)CC1. The lowest BCUT2D eigenvalue weighted by Gasteiger charge is -2.35. The molecule has 0 unspecified atom stereocenters. The van der Waals surface area contributed by atoms with E-state index in [4.69, 9.17) is 4.74 Å². The van der Waals surface area contributed by atoms with E-state index in [9.17, 15) is 14.9 Å². The van der Waals surface area contributed by atoms with Gasteiger partial charge in [-0.2, -0.15) is 5.26 Å². The minimum absolute atomic E-state index is 0.0312. The van der Waals surface area contributed by atoms with Gasteiger partial charge in [0.05, 0.1) is 0 Å². The Kier molecular flexibility index (Phi) is 7.29. The van der Waals surface area contributed by atoms with E-state index in [1.54, 1.807) is 11.1 Å². The van der Waals surface area contributed by atoms with E-state index < -0.39 is 11.5 Å². The number of hydrogen-bond donors (Lipinski definition) is 1. The summed E-state index contributed by atoms with van der Waals surface area (Å²) in [6, 6.07) is 7.65. The van der Waals surface area contributed by atoms with Crippen molar-refractivity contribution in [3.05, 3.63) is 39.1 Å². The zero-order chi connectivity index (χ0) is 20.9. The predicted molar refractivity (Wildman–Crippen MR) is 116 cm³/mol. The van der Waals surface area contributed by atoms with Crippen LogP contribution in [0.5, 0.6) is 0 Å². The van der Waals surface area contributed by atoms with Crippen LogP contribution in [0.25, 0.3) is 0 Å². The van der Waals surface area contributed by atoms with Gasteiger partial charge in [0.15, 0.2) is 0 Å². The van der Waals surface area contributed by atoms with Gasteiger partial charge in [0.1, 0.15) is 17.2 Å². The van der Waals surface area contributed by atoms with Gasteiger partial charge in [-0.05, 0) is 74.0 Å². The summed E-state index contributed by atoms with van der Waals surface area (Å²) in [4.78, 5) is 28.1. The number of hydrogen-bond acceptors (Lipinski definition) is 5. The third kappa shape index (κ3) is 6.41. The molecule has 7 nitrogen and oxygen atoms in total. The Morgan fingerprint density at radius 1 is 1.25 bits per heavy atom. The Hall–Kier alpha value is -2.28. The summed E-state index contributed by atoms with van der Waals surface area (Å²) in [6.45, 7) is 9.40. The maximum absolute atomic E-state index is 12.5. The van der Waals surface area contributed by atoms with E-state index >= 15 is 0 Å². The number of nitrogens with one attached hydrogen (secondary N) is 1. The number of benzene rings is 1. The van der Waals surface area contributed by atoms with Crippen LogP contribution >= 0.6 is 22.6 Å². The first-order chi connectivity index (χ1) is 13.1. The number of aryl methyl sites for hydroxylation is 1. The van der Waals surface area contributed by atoms with Crippen LogP contribution in [0, 0.1) is 21.8 Å². The Bertz CT molecular complexity index is 816. The van der Waals surface area contributed by atoms with Gasteiger partial charge in [0, 0.05) is 41.6 Å². The van der Waals surface area contributed by atoms with Gasteiger partial charge in [-0.1, -0.05) is 0 Å². The van der Waals surface area contributed by atoms with Gasteiger partial charge in [-0.3, -0.25) is 4.79 Å². The van der Waals surface area contributed by atoms with Gasteiger partial charge in [-0.25, -0.2) is 4.79 Å². The number of piperazine rings is 1. The van der Waals surface area contributed by atoms with Crippen LogP contribution in [0.2, 0.25) is 0 Å². The average Bonchev–Trinajstić information content (AvgIpc) is 2.61. The lowest BCUT2D eigenvalue weighted by molar-refractivity contribution is -0.112. The predicted octanol–water partition coefficient (Wildman–Crippen LogP) is 3.50. The summed E-state index contributed by atoms with van der Waals surface area (Å²) in [5.41, 5.74) is 1.11. The van der Waals surface area contributed by atoms with Gasteiger partial charge in [0.2, 0.25) is 0 Å². The molecule has 0 aliphatic carbocycles. The molecule has 0 radical (unpaired) electrons. The van der Waals surface area contributed by atoms with Crippen LogP contribution in [0.3, 0.4) is 0 Å². The second kappa shape index (κ2) is 9.28. The largest absolute Gasteiger partial charge is 0.444 e. The normalized spacial score (nSPS) is 15.1. The first kappa shape index (κ1) is 22.0. The molecule has 0 aromatic heterocycles. The number of carbonyl (C=O) groups is 2. The van der Waals surface area contributed by atoms with Crippen LogP contribution in [0.1, 0.15) is 26.3 Å². The zero-order valence-corrected chi connectivity index (χ0v) is 18.7. The fourth-order valence-electron chi connectivity index (χ4n) is 2.64. The van der Waals surface area contributed by atoms with Crippen molar-refractivity contribution in [1.82, 2.24) is 9.80 Å². The molecule has 1 saturated heterocycles. The summed E-state index contributed by atoms with van der Waals surface area (Å²) >= 11 is 2.21. The Balaban J connectivity index is 1.97. The molecule has 1 fully saturated rings. The summed E-state index contributed by atoms with van der Waals surface area (Å²) in [5.74, 6) is -0.443. The summed E-state index contributed by atoms with van der Waals surface area (Å²) in [7, 11) is 0. The van der Waals surface area contributed by atoms with Gasteiger partial charge in [-0.15, -0.1) is 0 Å². The molecule has 0 saturated carbocycles. The number of rotatable bonds is 3. The van der Waals surface area contributed by atoms with Crippen molar-refractivity contribution >= 4 is 40.3 Å². The lowest BCUT2D eigenvalue weighted by atomic mass is 10.2. The fraction of sp³-hybridized carbons (Fsp3) is 0.450. The van der Waals surface area contributed by atoms with Crippen LogP contribution in [-0.4, -0.2) is 53.6 Å². The molecule has 28 heavy (non-hydrogen) atoms. The average molecular weight is 496 g/mol. The van der Waals surface area contributed by atoms with Crippen molar-refractivity contribution in [2.45, 2.75) is 33.3 Å². The third-order valence-electron chi connectivity index (χ3n) is 4.08. The number of amides is 2. The fourth-order valence-corrected chi connectivity index (χ4v) is 3.28. The van der Waals surface area contributed by atoms with Crippen LogP contribution < -0.4 is 5.32 Å². The molecule has 2 amide bonds. The number of nitriles is 1. The number of ether oxygens (including phenoxy) is 1. The van der Waals surface area contributed by atoms with E-state index in [0.717, 1.165) is 9.13 Å². The molecule has 0 atom stereocenters. The lowest BCUT2D eigenvalue weighted by Crippen LogP contribution is -2.48. The third-order valence-corrected chi connectivity index (χ3v) is 4.75. The molecule has 1 N–H and O–H groups in total. The van der Waals surface area contributed by atoms with Crippen molar-refractivity contribution in [3.8, 4) is 6.07 Å².